The Morgan fingerprint density at radius 2 is 1.44 bits per heavy atom. The van der Waals surface area contributed by atoms with Crippen LogP contribution in [0.4, 0.5) is 10.5 Å². The van der Waals surface area contributed by atoms with Gasteiger partial charge in [-0.1, -0.05) is 72.8 Å². The number of amides is 1. The highest BCUT2D eigenvalue weighted by molar-refractivity contribution is 5.98. The van der Waals surface area contributed by atoms with Crippen LogP contribution in [0, 0.1) is 10.1 Å². The third-order valence-electron chi connectivity index (χ3n) is 4.82. The number of ketones is 1. The first-order valence-corrected chi connectivity index (χ1v) is 10.4. The highest BCUT2D eigenvalue weighted by Gasteiger charge is 2.25. The van der Waals surface area contributed by atoms with Gasteiger partial charge in [-0.15, -0.1) is 0 Å². The van der Waals surface area contributed by atoms with E-state index in [1.165, 1.54) is 24.3 Å². The van der Waals surface area contributed by atoms with Crippen molar-refractivity contribution in [2.24, 2.45) is 0 Å². The molecule has 0 fully saturated rings. The van der Waals surface area contributed by atoms with Crippen LogP contribution < -0.4 is 5.32 Å². The average Bonchev–Trinajstić information content (AvgIpc) is 2.87. The summed E-state index contributed by atoms with van der Waals surface area (Å²) in [6, 6.07) is 21.7. The first-order valence-electron chi connectivity index (χ1n) is 10.4. The molecule has 9 nitrogen and oxygen atoms in total. The fourth-order valence-electron chi connectivity index (χ4n) is 3.03. The molecular formula is C25H22N2O7. The van der Waals surface area contributed by atoms with Crippen LogP contribution in [-0.4, -0.2) is 35.4 Å². The van der Waals surface area contributed by atoms with E-state index in [4.69, 9.17) is 9.47 Å². The van der Waals surface area contributed by atoms with Crippen molar-refractivity contribution in [2.75, 3.05) is 6.61 Å². The van der Waals surface area contributed by atoms with Crippen LogP contribution in [0.5, 0.6) is 0 Å². The number of carbonyl (C=O) groups is 3. The van der Waals surface area contributed by atoms with Gasteiger partial charge in [-0.3, -0.25) is 14.9 Å². The van der Waals surface area contributed by atoms with Crippen molar-refractivity contribution in [2.45, 2.75) is 19.1 Å². The summed E-state index contributed by atoms with van der Waals surface area (Å²) in [5, 5.41) is 13.3. The maximum absolute atomic E-state index is 12.7. The fourth-order valence-corrected chi connectivity index (χ4v) is 3.03. The van der Waals surface area contributed by atoms with Crippen molar-refractivity contribution in [3.8, 4) is 0 Å². The maximum Gasteiger partial charge on any atom is 0.408 e. The minimum atomic E-state index is -1.17. The molecule has 3 rings (SSSR count). The second-order valence-electron chi connectivity index (χ2n) is 7.28. The Bertz CT molecular complexity index is 1130. The lowest BCUT2D eigenvalue weighted by Gasteiger charge is -2.17. The summed E-state index contributed by atoms with van der Waals surface area (Å²) in [5.74, 6) is -1.23. The van der Waals surface area contributed by atoms with Crippen molar-refractivity contribution in [1.82, 2.24) is 5.32 Å². The highest BCUT2D eigenvalue weighted by Crippen LogP contribution is 2.14. The predicted octanol–water partition coefficient (Wildman–Crippen LogP) is 3.86. The lowest BCUT2D eigenvalue weighted by atomic mass is 10.1. The van der Waals surface area contributed by atoms with E-state index >= 15 is 0 Å². The number of nitrogens with zero attached hydrogens (tertiary/aromatic N) is 1. The number of ether oxygens (including phenoxy) is 2. The second-order valence-corrected chi connectivity index (χ2v) is 7.28. The Balaban J connectivity index is 1.65. The monoisotopic (exact) mass is 462 g/mol. The summed E-state index contributed by atoms with van der Waals surface area (Å²) in [7, 11) is 0. The van der Waals surface area contributed by atoms with E-state index < -0.39 is 35.4 Å². The SMILES string of the molecule is O=C(N[C@H](Cc1ccc([N+](=O)[O-])cc1)C(=O)OCC(=O)c1ccccc1)OCc1ccccc1. The molecule has 1 atom stereocenters. The third kappa shape index (κ3) is 7.27. The van der Waals surface area contributed by atoms with E-state index in [-0.39, 0.29) is 18.7 Å². The molecule has 9 heteroatoms. The molecule has 3 aromatic carbocycles. The van der Waals surface area contributed by atoms with Crippen LogP contribution in [0.1, 0.15) is 21.5 Å². The van der Waals surface area contributed by atoms with E-state index in [0.29, 0.717) is 11.1 Å². The first kappa shape index (κ1) is 24.1. The Labute approximate surface area is 195 Å². The first-order chi connectivity index (χ1) is 16.4. The number of rotatable bonds is 10. The zero-order chi connectivity index (χ0) is 24.3. The molecule has 1 N–H and O–H groups in total. The zero-order valence-corrected chi connectivity index (χ0v) is 18.1. The Morgan fingerprint density at radius 1 is 0.824 bits per heavy atom. The third-order valence-corrected chi connectivity index (χ3v) is 4.82. The number of nitro benzene ring substituents is 1. The fraction of sp³-hybridized carbons (Fsp3) is 0.160. The zero-order valence-electron chi connectivity index (χ0n) is 18.1. The molecule has 0 unspecified atom stereocenters. The molecule has 34 heavy (non-hydrogen) atoms. The number of alkyl carbamates (subject to hydrolysis) is 1. The molecule has 174 valence electrons. The number of nitro groups is 1. The number of non-ortho nitro benzene ring substituents is 1. The Kier molecular flexibility index (Phi) is 8.45. The summed E-state index contributed by atoms with van der Waals surface area (Å²) >= 11 is 0. The van der Waals surface area contributed by atoms with Gasteiger partial charge in [-0.05, 0) is 11.1 Å². The van der Waals surface area contributed by atoms with Gasteiger partial charge in [0.15, 0.2) is 12.4 Å². The molecule has 0 aromatic heterocycles. The molecule has 0 aliphatic heterocycles. The Hall–Kier alpha value is -4.53. The molecule has 0 spiro atoms. The largest absolute Gasteiger partial charge is 0.456 e. The molecule has 0 bridgehead atoms. The van der Waals surface area contributed by atoms with Crippen LogP contribution >= 0.6 is 0 Å². The van der Waals surface area contributed by atoms with E-state index in [1.807, 2.05) is 6.07 Å². The van der Waals surface area contributed by atoms with E-state index in [2.05, 4.69) is 5.32 Å². The average molecular weight is 462 g/mol. The molecule has 0 saturated carbocycles. The smallest absolute Gasteiger partial charge is 0.408 e. The van der Waals surface area contributed by atoms with Gasteiger partial charge in [-0.2, -0.15) is 0 Å². The van der Waals surface area contributed by atoms with Gasteiger partial charge in [0.05, 0.1) is 4.92 Å². The van der Waals surface area contributed by atoms with Crippen molar-refractivity contribution in [3.05, 3.63) is 112 Å². The lowest BCUT2D eigenvalue weighted by molar-refractivity contribution is -0.384. The quantitative estimate of drug-likeness (QED) is 0.210. The van der Waals surface area contributed by atoms with Crippen molar-refractivity contribution >= 4 is 23.5 Å². The van der Waals surface area contributed by atoms with Crippen LogP contribution in [0.2, 0.25) is 0 Å². The molecule has 0 aliphatic carbocycles. The molecule has 0 radical (unpaired) electrons. The molecule has 0 saturated heterocycles. The van der Waals surface area contributed by atoms with E-state index in [9.17, 15) is 24.5 Å². The van der Waals surface area contributed by atoms with Crippen LogP contribution in [-0.2, 0) is 27.3 Å². The van der Waals surface area contributed by atoms with E-state index in [0.717, 1.165) is 5.56 Å². The van der Waals surface area contributed by atoms with Crippen molar-refractivity contribution in [1.29, 1.82) is 0 Å². The minimum Gasteiger partial charge on any atom is -0.456 e. The summed E-state index contributed by atoms with van der Waals surface area (Å²) < 4.78 is 10.3. The topological polar surface area (TPSA) is 125 Å². The van der Waals surface area contributed by atoms with E-state index in [1.54, 1.807) is 54.6 Å². The number of carbonyl (C=O) groups excluding carboxylic acids is 3. The summed E-state index contributed by atoms with van der Waals surface area (Å²) in [5.41, 5.74) is 1.59. The molecule has 1 amide bonds. The van der Waals surface area contributed by atoms with Crippen LogP contribution in [0.3, 0.4) is 0 Å². The van der Waals surface area contributed by atoms with Crippen molar-refractivity contribution in [3.63, 3.8) is 0 Å². The second kappa shape index (κ2) is 11.9. The van der Waals surface area contributed by atoms with Gasteiger partial charge in [0.1, 0.15) is 12.6 Å². The lowest BCUT2D eigenvalue weighted by Crippen LogP contribution is -2.44. The molecular weight excluding hydrogens is 440 g/mol. The predicted molar refractivity (Wildman–Crippen MR) is 122 cm³/mol. The minimum absolute atomic E-state index is 0.00152. The standard InChI is InChI=1S/C25H22N2O7/c28-23(20-9-5-2-6-10-20)17-33-24(29)22(15-18-11-13-21(14-12-18)27(31)32)26-25(30)34-16-19-7-3-1-4-8-19/h1-14,22H,15-17H2,(H,26,30)/t22-/m1/s1. The number of Topliss-reactive ketones (excluding diaryl/α,β-unsaturated/α-hetero) is 1. The maximum atomic E-state index is 12.7. The molecule has 0 aliphatic rings. The molecule has 0 heterocycles. The highest BCUT2D eigenvalue weighted by atomic mass is 16.6. The van der Waals surface area contributed by atoms with Gasteiger partial charge < -0.3 is 14.8 Å². The number of hydrogen-bond donors (Lipinski definition) is 1. The summed E-state index contributed by atoms with van der Waals surface area (Å²) in [6.45, 7) is -0.501. The molecule has 3 aromatic rings. The number of esters is 1. The summed E-state index contributed by atoms with van der Waals surface area (Å²) in [6.07, 6.45) is -0.862. The summed E-state index contributed by atoms with van der Waals surface area (Å²) in [4.78, 5) is 47.6. The number of nitrogens with one attached hydrogen (secondary N) is 1. The van der Waals surface area contributed by atoms with Gasteiger partial charge in [-0.25, -0.2) is 9.59 Å². The van der Waals surface area contributed by atoms with Crippen LogP contribution in [0.25, 0.3) is 0 Å². The van der Waals surface area contributed by atoms with Gasteiger partial charge in [0, 0.05) is 24.1 Å². The van der Waals surface area contributed by atoms with Gasteiger partial charge >= 0.3 is 12.1 Å². The van der Waals surface area contributed by atoms with Gasteiger partial charge in [0.2, 0.25) is 0 Å². The Morgan fingerprint density at radius 3 is 2.06 bits per heavy atom. The van der Waals surface area contributed by atoms with Crippen molar-refractivity contribution < 1.29 is 28.8 Å². The number of benzene rings is 3. The number of hydrogen-bond acceptors (Lipinski definition) is 7. The van der Waals surface area contributed by atoms with Crippen LogP contribution in [0.15, 0.2) is 84.9 Å². The van der Waals surface area contributed by atoms with Gasteiger partial charge in [0.25, 0.3) is 5.69 Å². The normalized spacial score (nSPS) is 11.2.